The van der Waals surface area contributed by atoms with Crippen LogP contribution in [-0.2, 0) is 12.8 Å². The van der Waals surface area contributed by atoms with Crippen molar-refractivity contribution in [3.63, 3.8) is 0 Å². The van der Waals surface area contributed by atoms with Crippen LogP contribution < -0.4 is 14.8 Å². The van der Waals surface area contributed by atoms with Crippen LogP contribution in [0.15, 0.2) is 42.5 Å². The van der Waals surface area contributed by atoms with Gasteiger partial charge in [-0.1, -0.05) is 17.7 Å². The number of carbonyl (C=O) groups excluding carboxylic acids is 1. The average molecular weight is 389 g/mol. The third kappa shape index (κ3) is 3.35. The molecule has 2 aliphatic rings. The molecule has 0 atom stereocenters. The molecular weight excluding hydrogens is 366 g/mol. The monoisotopic (exact) mass is 389 g/mol. The lowest BCUT2D eigenvalue weighted by Gasteiger charge is -2.10. The van der Waals surface area contributed by atoms with E-state index < -0.39 is 0 Å². The van der Waals surface area contributed by atoms with Crippen molar-refractivity contribution in [2.24, 2.45) is 0 Å². The molecule has 29 heavy (non-hydrogen) atoms. The summed E-state index contributed by atoms with van der Waals surface area (Å²) in [6, 6.07) is 13.7. The van der Waals surface area contributed by atoms with E-state index in [4.69, 9.17) is 9.47 Å². The summed E-state index contributed by atoms with van der Waals surface area (Å²) in [6.07, 6.45) is 3.71. The molecule has 6 heteroatoms. The van der Waals surface area contributed by atoms with Gasteiger partial charge in [0.25, 0.3) is 5.91 Å². The highest BCUT2D eigenvalue weighted by molar-refractivity contribution is 6.04. The van der Waals surface area contributed by atoms with E-state index in [1.807, 2.05) is 35.0 Å². The van der Waals surface area contributed by atoms with Gasteiger partial charge in [0.1, 0.15) is 0 Å². The second-order valence-corrected chi connectivity index (χ2v) is 7.54. The van der Waals surface area contributed by atoms with Crippen LogP contribution in [0.3, 0.4) is 0 Å². The summed E-state index contributed by atoms with van der Waals surface area (Å²) < 4.78 is 13.3. The third-order valence-corrected chi connectivity index (χ3v) is 5.43. The van der Waals surface area contributed by atoms with Crippen molar-refractivity contribution in [3.05, 3.63) is 65.0 Å². The van der Waals surface area contributed by atoms with Gasteiger partial charge in [0.2, 0.25) is 0 Å². The minimum atomic E-state index is -0.191. The van der Waals surface area contributed by atoms with Crippen LogP contribution in [0.25, 0.3) is 5.69 Å². The van der Waals surface area contributed by atoms with Crippen molar-refractivity contribution in [3.8, 4) is 17.2 Å². The van der Waals surface area contributed by atoms with Gasteiger partial charge >= 0.3 is 0 Å². The fourth-order valence-corrected chi connectivity index (χ4v) is 3.95. The number of nitrogens with zero attached hydrogens (tertiary/aromatic N) is 2. The summed E-state index contributed by atoms with van der Waals surface area (Å²) in [7, 11) is 0. The molecule has 1 aliphatic carbocycles. The number of ether oxygens (including phenoxy) is 2. The van der Waals surface area contributed by atoms with E-state index in [1.54, 1.807) is 0 Å². The summed E-state index contributed by atoms with van der Waals surface area (Å²) in [5, 5.41) is 7.66. The van der Waals surface area contributed by atoms with E-state index in [9.17, 15) is 4.79 Å². The molecule has 1 aromatic heterocycles. The second kappa shape index (κ2) is 7.28. The molecular formula is C23H23N3O3. The Kier molecular flexibility index (Phi) is 4.46. The van der Waals surface area contributed by atoms with Gasteiger partial charge < -0.3 is 14.8 Å². The van der Waals surface area contributed by atoms with Gasteiger partial charge in [0.15, 0.2) is 17.2 Å². The van der Waals surface area contributed by atoms with Crippen LogP contribution in [0.5, 0.6) is 11.5 Å². The first-order chi connectivity index (χ1) is 14.2. The average Bonchev–Trinajstić information content (AvgIpc) is 3.25. The molecule has 0 spiro atoms. The van der Waals surface area contributed by atoms with Crippen LogP contribution in [0.2, 0.25) is 0 Å². The van der Waals surface area contributed by atoms with Crippen molar-refractivity contribution in [2.45, 2.75) is 32.6 Å². The number of amides is 1. The number of nitrogens with one attached hydrogen (secondary N) is 1. The number of anilines is 1. The Bertz CT molecular complexity index is 1070. The maximum Gasteiger partial charge on any atom is 0.276 e. The Morgan fingerprint density at radius 3 is 2.62 bits per heavy atom. The molecule has 3 aromatic rings. The number of fused-ring (bicyclic) bond motifs is 2. The summed E-state index contributed by atoms with van der Waals surface area (Å²) in [5.41, 5.74) is 5.56. The molecule has 0 saturated heterocycles. The molecule has 2 heterocycles. The number of carbonyl (C=O) groups is 1. The Morgan fingerprint density at radius 1 is 1.00 bits per heavy atom. The lowest BCUT2D eigenvalue weighted by Crippen LogP contribution is -2.15. The van der Waals surface area contributed by atoms with Crippen molar-refractivity contribution in [1.82, 2.24) is 9.78 Å². The highest BCUT2D eigenvalue weighted by Gasteiger charge is 2.27. The topological polar surface area (TPSA) is 65.4 Å². The molecule has 1 amide bonds. The highest BCUT2D eigenvalue weighted by Crippen LogP contribution is 2.33. The van der Waals surface area contributed by atoms with Crippen molar-refractivity contribution in [1.29, 1.82) is 0 Å². The smallest absolute Gasteiger partial charge is 0.276 e. The van der Waals surface area contributed by atoms with E-state index >= 15 is 0 Å². The van der Waals surface area contributed by atoms with Crippen molar-refractivity contribution < 1.29 is 14.3 Å². The number of benzene rings is 2. The van der Waals surface area contributed by atoms with E-state index in [0.717, 1.165) is 42.6 Å². The third-order valence-electron chi connectivity index (χ3n) is 5.43. The predicted octanol–water partition coefficient (Wildman–Crippen LogP) is 4.08. The fourth-order valence-electron chi connectivity index (χ4n) is 3.95. The van der Waals surface area contributed by atoms with Crippen LogP contribution in [0.4, 0.5) is 5.69 Å². The molecule has 148 valence electrons. The van der Waals surface area contributed by atoms with E-state index in [2.05, 4.69) is 29.5 Å². The molecule has 1 N–H and O–H groups in total. The first kappa shape index (κ1) is 17.8. The lowest BCUT2D eigenvalue weighted by atomic mass is 10.2. The Hall–Kier alpha value is -3.28. The summed E-state index contributed by atoms with van der Waals surface area (Å²) in [4.78, 5) is 13.0. The Morgan fingerprint density at radius 2 is 1.79 bits per heavy atom. The first-order valence-corrected chi connectivity index (χ1v) is 10.1. The summed E-state index contributed by atoms with van der Waals surface area (Å²) in [5.74, 6) is 1.18. The quantitative estimate of drug-likeness (QED) is 0.733. The maximum absolute atomic E-state index is 13.0. The van der Waals surface area contributed by atoms with Gasteiger partial charge in [0.05, 0.1) is 18.9 Å². The van der Waals surface area contributed by atoms with Crippen LogP contribution in [-0.4, -0.2) is 28.9 Å². The van der Waals surface area contributed by atoms with Crippen LogP contribution >= 0.6 is 0 Å². The molecule has 1 aliphatic heterocycles. The molecule has 0 bridgehead atoms. The van der Waals surface area contributed by atoms with Crippen molar-refractivity contribution in [2.75, 3.05) is 18.5 Å². The van der Waals surface area contributed by atoms with Gasteiger partial charge in [0, 0.05) is 29.4 Å². The van der Waals surface area contributed by atoms with E-state index in [0.29, 0.717) is 36.1 Å². The van der Waals surface area contributed by atoms with Crippen LogP contribution in [0.1, 0.15) is 40.2 Å². The van der Waals surface area contributed by atoms with E-state index in [-0.39, 0.29) is 5.91 Å². The molecule has 5 rings (SSSR count). The molecule has 6 nitrogen and oxygen atoms in total. The number of rotatable bonds is 3. The zero-order valence-electron chi connectivity index (χ0n) is 16.4. The lowest BCUT2D eigenvalue weighted by molar-refractivity contribution is 0.102. The second-order valence-electron chi connectivity index (χ2n) is 7.54. The molecule has 2 aromatic carbocycles. The Labute approximate surface area is 169 Å². The summed E-state index contributed by atoms with van der Waals surface area (Å²) in [6.45, 7) is 3.31. The molecule has 0 saturated carbocycles. The number of hydrogen-bond acceptors (Lipinski definition) is 4. The van der Waals surface area contributed by atoms with Crippen molar-refractivity contribution >= 4 is 11.6 Å². The number of hydrogen-bond donors (Lipinski definition) is 1. The number of aromatic nitrogens is 2. The largest absolute Gasteiger partial charge is 0.490 e. The van der Waals surface area contributed by atoms with Gasteiger partial charge in [-0.2, -0.15) is 5.10 Å². The predicted molar refractivity (Wildman–Crippen MR) is 110 cm³/mol. The van der Waals surface area contributed by atoms with Gasteiger partial charge in [-0.25, -0.2) is 4.68 Å². The summed E-state index contributed by atoms with van der Waals surface area (Å²) >= 11 is 0. The van der Waals surface area contributed by atoms with Gasteiger partial charge in [-0.15, -0.1) is 0 Å². The van der Waals surface area contributed by atoms with Gasteiger partial charge in [-0.05, 0) is 50.5 Å². The molecule has 0 unspecified atom stereocenters. The molecule has 0 fully saturated rings. The normalized spacial score (nSPS) is 14.9. The molecule has 0 radical (unpaired) electrons. The minimum Gasteiger partial charge on any atom is -0.490 e. The minimum absolute atomic E-state index is 0.191. The standard InChI is InChI=1S/C23H23N3O3/c1-15-6-9-17(10-7-15)26-19-5-2-4-18(19)22(25-26)23(27)24-16-8-11-20-21(14-16)29-13-3-12-28-20/h6-11,14H,2-5,12-13H2,1H3,(H,24,27). The fraction of sp³-hybridized carbons (Fsp3) is 0.304. The van der Waals surface area contributed by atoms with E-state index in [1.165, 1.54) is 5.56 Å². The maximum atomic E-state index is 13.0. The SMILES string of the molecule is Cc1ccc(-n2nc(C(=O)Nc3ccc4c(c3)OCCCO4)c3c2CCC3)cc1. The zero-order valence-corrected chi connectivity index (χ0v) is 16.4. The first-order valence-electron chi connectivity index (χ1n) is 10.1. The Balaban J connectivity index is 1.44. The van der Waals surface area contributed by atoms with Gasteiger partial charge in [-0.3, -0.25) is 4.79 Å². The number of aryl methyl sites for hydroxylation is 1. The zero-order chi connectivity index (χ0) is 19.8. The van der Waals surface area contributed by atoms with Crippen LogP contribution in [0, 0.1) is 6.92 Å². The highest BCUT2D eigenvalue weighted by atomic mass is 16.5.